The number of nitrogens with one attached hydrogen (secondary N) is 1. The number of pyridine rings is 1. The second-order valence-corrected chi connectivity index (χ2v) is 7.61. The monoisotopic (exact) mass is 367 g/mol. The van der Waals surface area contributed by atoms with E-state index in [1.54, 1.807) is 17.7 Å². The van der Waals surface area contributed by atoms with E-state index >= 15 is 0 Å². The lowest BCUT2D eigenvalue weighted by molar-refractivity contribution is 0.0949. The lowest BCUT2D eigenvalue weighted by Crippen LogP contribution is -2.34. The van der Waals surface area contributed by atoms with Crippen LogP contribution in [0.1, 0.15) is 40.0 Å². The van der Waals surface area contributed by atoms with Gasteiger partial charge in [-0.05, 0) is 56.3 Å². The minimum absolute atomic E-state index is 0.231. The molecule has 0 radical (unpaired) electrons. The van der Waals surface area contributed by atoms with Crippen LogP contribution in [0.3, 0.4) is 0 Å². The number of amides is 1. The van der Waals surface area contributed by atoms with Crippen LogP contribution in [0.25, 0.3) is 0 Å². The van der Waals surface area contributed by atoms with Crippen molar-refractivity contribution in [2.45, 2.75) is 33.2 Å². The molecule has 0 saturated carbocycles. The number of aromatic nitrogens is 1. The first-order valence-corrected chi connectivity index (χ1v) is 9.67. The van der Waals surface area contributed by atoms with Gasteiger partial charge in [-0.15, -0.1) is 0 Å². The first-order chi connectivity index (χ1) is 13.0. The van der Waals surface area contributed by atoms with Gasteiger partial charge in [0.1, 0.15) is 5.56 Å². The number of carbonyl (C=O) groups excluding carboxylic acids is 1. The van der Waals surface area contributed by atoms with Gasteiger partial charge in [0.05, 0.1) is 0 Å². The van der Waals surface area contributed by atoms with Crippen LogP contribution in [0, 0.1) is 19.8 Å². The summed E-state index contributed by atoms with van der Waals surface area (Å²) in [4.78, 5) is 27.2. The first kappa shape index (κ1) is 19.4. The molecule has 27 heavy (non-hydrogen) atoms. The molecule has 0 spiro atoms. The molecule has 2 aromatic rings. The van der Waals surface area contributed by atoms with Crippen molar-refractivity contribution in [1.29, 1.82) is 0 Å². The number of rotatable bonds is 6. The van der Waals surface area contributed by atoms with E-state index in [1.807, 2.05) is 19.9 Å². The summed E-state index contributed by atoms with van der Waals surface area (Å²) in [6.07, 6.45) is 2.11. The highest BCUT2D eigenvalue weighted by Crippen LogP contribution is 2.21. The van der Waals surface area contributed by atoms with E-state index in [0.717, 1.165) is 43.7 Å². The number of hydrogen-bond donors (Lipinski definition) is 1. The minimum atomic E-state index is -0.266. The van der Waals surface area contributed by atoms with Crippen LogP contribution < -0.4 is 10.9 Å². The van der Waals surface area contributed by atoms with Crippen LogP contribution in [-0.4, -0.2) is 35.0 Å². The van der Waals surface area contributed by atoms with Crippen molar-refractivity contribution in [3.63, 3.8) is 0 Å². The van der Waals surface area contributed by atoms with Crippen molar-refractivity contribution < 1.29 is 4.79 Å². The Labute approximate surface area is 161 Å². The van der Waals surface area contributed by atoms with Crippen molar-refractivity contribution in [2.75, 3.05) is 19.6 Å². The van der Waals surface area contributed by atoms with Gasteiger partial charge in [0.2, 0.25) is 0 Å². The number of carbonyl (C=O) groups is 1. The van der Waals surface area contributed by atoms with E-state index in [4.69, 9.17) is 0 Å². The zero-order valence-corrected chi connectivity index (χ0v) is 16.5. The molecule has 1 fully saturated rings. The molecule has 1 aromatic heterocycles. The third-order valence-electron chi connectivity index (χ3n) is 5.67. The highest BCUT2D eigenvalue weighted by atomic mass is 16.2. The smallest absolute Gasteiger partial charge is 0.263 e. The summed E-state index contributed by atoms with van der Waals surface area (Å²) in [5, 5.41) is 2.93. The highest BCUT2D eigenvalue weighted by molar-refractivity contribution is 5.94. The molecular formula is C22H29N3O2. The van der Waals surface area contributed by atoms with Crippen molar-refractivity contribution in [2.24, 2.45) is 13.0 Å². The molecule has 1 atom stereocenters. The van der Waals surface area contributed by atoms with Gasteiger partial charge in [0.15, 0.2) is 0 Å². The normalized spacial score (nSPS) is 17.2. The number of aryl methyl sites for hydroxylation is 1. The molecule has 1 aromatic carbocycles. The van der Waals surface area contributed by atoms with Crippen molar-refractivity contribution >= 4 is 5.91 Å². The summed E-state index contributed by atoms with van der Waals surface area (Å²) in [5.41, 5.74) is 3.19. The Morgan fingerprint density at radius 1 is 1.22 bits per heavy atom. The van der Waals surface area contributed by atoms with E-state index in [1.165, 1.54) is 5.56 Å². The molecule has 1 amide bonds. The maximum atomic E-state index is 12.4. The maximum Gasteiger partial charge on any atom is 0.263 e. The van der Waals surface area contributed by atoms with Gasteiger partial charge < -0.3 is 9.88 Å². The Balaban J connectivity index is 1.48. The fourth-order valence-corrected chi connectivity index (χ4v) is 3.76. The summed E-state index contributed by atoms with van der Waals surface area (Å²) in [5.74, 6) is 0.328. The fraction of sp³-hybridized carbons (Fsp3) is 0.455. The summed E-state index contributed by atoms with van der Waals surface area (Å²) in [6, 6.07) is 12.2. The van der Waals surface area contributed by atoms with E-state index in [0.29, 0.717) is 12.5 Å². The summed E-state index contributed by atoms with van der Waals surface area (Å²) >= 11 is 0. The van der Waals surface area contributed by atoms with Gasteiger partial charge in [-0.2, -0.15) is 0 Å². The van der Waals surface area contributed by atoms with E-state index in [-0.39, 0.29) is 17.0 Å². The molecule has 2 heterocycles. The summed E-state index contributed by atoms with van der Waals surface area (Å²) < 4.78 is 1.54. The third-order valence-corrected chi connectivity index (χ3v) is 5.67. The molecule has 5 nitrogen and oxygen atoms in total. The van der Waals surface area contributed by atoms with Crippen LogP contribution in [0.5, 0.6) is 0 Å². The Hall–Kier alpha value is -2.40. The van der Waals surface area contributed by atoms with Crippen molar-refractivity contribution in [3.05, 3.63) is 69.1 Å². The van der Waals surface area contributed by atoms with Crippen LogP contribution in [-0.2, 0) is 13.6 Å². The molecule has 3 rings (SSSR count). The second-order valence-electron chi connectivity index (χ2n) is 7.61. The van der Waals surface area contributed by atoms with E-state index in [2.05, 4.69) is 34.5 Å². The van der Waals surface area contributed by atoms with Gasteiger partial charge in [-0.3, -0.25) is 14.5 Å². The lowest BCUT2D eigenvalue weighted by Gasteiger charge is -2.16. The molecule has 1 saturated heterocycles. The molecule has 1 aliphatic heterocycles. The SMILES string of the molecule is Cc1cc(C(=O)NCC[C@@H]2CCN(Cc3ccccc3)C2)c(=O)n(C)c1C. The molecule has 0 bridgehead atoms. The quantitative estimate of drug-likeness (QED) is 0.854. The predicted octanol–water partition coefficient (Wildman–Crippen LogP) is 2.64. The Morgan fingerprint density at radius 3 is 2.70 bits per heavy atom. The van der Waals surface area contributed by atoms with Crippen molar-refractivity contribution in [3.8, 4) is 0 Å². The average molecular weight is 367 g/mol. The largest absolute Gasteiger partial charge is 0.352 e. The standard InChI is InChI=1S/C22H29N3O2/c1-16-13-20(22(27)24(3)17(16)2)21(26)23-11-9-19-10-12-25(15-19)14-18-7-5-4-6-8-18/h4-8,13,19H,9-12,14-15H2,1-3H3,(H,23,26)/t19-/m1/s1. The van der Waals surface area contributed by atoms with Crippen molar-refractivity contribution in [1.82, 2.24) is 14.8 Å². The fourth-order valence-electron chi connectivity index (χ4n) is 3.76. The molecule has 0 unspecified atom stereocenters. The molecular weight excluding hydrogens is 338 g/mol. The molecule has 144 valence electrons. The second kappa shape index (κ2) is 8.53. The maximum absolute atomic E-state index is 12.4. The van der Waals surface area contributed by atoms with Gasteiger partial charge in [-0.25, -0.2) is 0 Å². The van der Waals surface area contributed by atoms with Crippen LogP contribution in [0.4, 0.5) is 0 Å². The average Bonchev–Trinajstić information content (AvgIpc) is 3.11. The first-order valence-electron chi connectivity index (χ1n) is 9.67. The molecule has 5 heteroatoms. The zero-order chi connectivity index (χ0) is 19.4. The topological polar surface area (TPSA) is 54.3 Å². The van der Waals surface area contributed by atoms with E-state index in [9.17, 15) is 9.59 Å². The van der Waals surface area contributed by atoms with Gasteiger partial charge in [-0.1, -0.05) is 30.3 Å². The molecule has 0 aliphatic carbocycles. The van der Waals surface area contributed by atoms with E-state index < -0.39 is 0 Å². The number of likely N-dealkylation sites (tertiary alicyclic amines) is 1. The predicted molar refractivity (Wildman–Crippen MR) is 108 cm³/mol. The number of hydrogen-bond acceptors (Lipinski definition) is 3. The van der Waals surface area contributed by atoms with Gasteiger partial charge >= 0.3 is 0 Å². The van der Waals surface area contributed by atoms with Crippen LogP contribution >= 0.6 is 0 Å². The Morgan fingerprint density at radius 2 is 1.96 bits per heavy atom. The summed E-state index contributed by atoms with van der Waals surface area (Å²) in [6.45, 7) is 7.58. The number of benzene rings is 1. The Kier molecular flexibility index (Phi) is 6.11. The molecule has 1 N–H and O–H groups in total. The highest BCUT2D eigenvalue weighted by Gasteiger charge is 2.22. The minimum Gasteiger partial charge on any atom is -0.352 e. The van der Waals surface area contributed by atoms with Gasteiger partial charge in [0, 0.05) is 32.4 Å². The molecule has 1 aliphatic rings. The third kappa shape index (κ3) is 4.66. The lowest BCUT2D eigenvalue weighted by atomic mass is 10.1. The van der Waals surface area contributed by atoms with Crippen LogP contribution in [0.15, 0.2) is 41.2 Å². The Bertz CT molecular complexity index is 858. The zero-order valence-electron chi connectivity index (χ0n) is 16.5. The summed E-state index contributed by atoms with van der Waals surface area (Å²) in [7, 11) is 1.71. The van der Waals surface area contributed by atoms with Gasteiger partial charge in [0.25, 0.3) is 11.5 Å². The number of nitrogens with zero attached hydrogens (tertiary/aromatic N) is 2. The van der Waals surface area contributed by atoms with Crippen LogP contribution in [0.2, 0.25) is 0 Å².